The van der Waals surface area contributed by atoms with Gasteiger partial charge in [0.25, 0.3) is 0 Å². The van der Waals surface area contributed by atoms with Gasteiger partial charge >= 0.3 is 0 Å². The van der Waals surface area contributed by atoms with Crippen molar-refractivity contribution in [1.29, 1.82) is 0 Å². The van der Waals surface area contributed by atoms with Crippen LogP contribution < -0.4 is 26.2 Å². The molecule has 5 heterocycles. The number of hydrogen-bond acceptors (Lipinski definition) is 9. The summed E-state index contributed by atoms with van der Waals surface area (Å²) in [7, 11) is 0. The zero-order valence-corrected chi connectivity index (χ0v) is 26.4. The molecule has 2 aromatic heterocycles. The van der Waals surface area contributed by atoms with Gasteiger partial charge in [0, 0.05) is 49.9 Å². The van der Waals surface area contributed by atoms with E-state index in [1.807, 2.05) is 18.3 Å². The molecule has 3 aromatic rings. The molecule has 3 saturated heterocycles. The molecule has 0 bridgehead atoms. The highest BCUT2D eigenvalue weighted by atomic mass is 35.5. The molecule has 10 nitrogen and oxygen atoms in total. The van der Waals surface area contributed by atoms with Crippen molar-refractivity contribution in [2.75, 3.05) is 48.3 Å². The number of carbonyl (C=O) groups excluding carboxylic acids is 2. The van der Waals surface area contributed by atoms with E-state index in [0.29, 0.717) is 45.9 Å². The van der Waals surface area contributed by atoms with Gasteiger partial charge in [-0.3, -0.25) is 19.9 Å². The number of imide groups is 1. The van der Waals surface area contributed by atoms with Crippen LogP contribution in [0, 0.1) is 5.92 Å². The normalized spacial score (nSPS) is 20.9. The number of nitrogens with one attached hydrogen (secondary N) is 2. The number of rotatable bonds is 7. The summed E-state index contributed by atoms with van der Waals surface area (Å²) in [5.74, 6) is 0.974. The first-order valence-electron chi connectivity index (χ1n) is 15.3. The van der Waals surface area contributed by atoms with Crippen molar-refractivity contribution in [2.45, 2.75) is 56.9 Å². The smallest absolute Gasteiger partial charge is 0.234 e. The van der Waals surface area contributed by atoms with Crippen LogP contribution in [-0.2, 0) is 9.59 Å². The van der Waals surface area contributed by atoms with Gasteiger partial charge in [-0.15, -0.1) is 0 Å². The number of amides is 2. The van der Waals surface area contributed by atoms with Crippen molar-refractivity contribution in [1.82, 2.24) is 25.6 Å². The Hall–Kier alpha value is -3.47. The SMILES string of the molecule is CC1(NCC2CCN(c3cncc(C4CCC(=O)NC4=O)c3)CC2)CCN(c2cnc(-c3cccc(Cl)c3Cl)c(N)n2)CC1. The summed E-state index contributed by atoms with van der Waals surface area (Å²) in [5, 5.41) is 7.22. The minimum absolute atomic E-state index is 0.0566. The van der Waals surface area contributed by atoms with E-state index in [0.717, 1.165) is 75.5 Å². The minimum atomic E-state index is -0.314. The Balaban J connectivity index is 0.983. The summed E-state index contributed by atoms with van der Waals surface area (Å²) in [4.78, 5) is 42.2. The number of hydrogen-bond donors (Lipinski definition) is 3. The lowest BCUT2D eigenvalue weighted by molar-refractivity contribution is -0.134. The zero-order valence-electron chi connectivity index (χ0n) is 24.9. The lowest BCUT2D eigenvalue weighted by Gasteiger charge is -2.42. The van der Waals surface area contributed by atoms with Gasteiger partial charge in [0.1, 0.15) is 11.5 Å². The first kappa shape index (κ1) is 30.6. The van der Waals surface area contributed by atoms with Gasteiger partial charge in [-0.2, -0.15) is 0 Å². The topological polar surface area (TPSA) is 129 Å². The molecule has 2 amide bonds. The predicted molar refractivity (Wildman–Crippen MR) is 174 cm³/mol. The monoisotopic (exact) mass is 636 g/mol. The standard InChI is InChI=1S/C32H38Cl2N8O2/c1-32(9-13-42(14-10-32)26-19-37-29(30(35)39-26)24-3-2-4-25(33)28(24)34)38-16-20-7-11-41(12-8-20)22-15-21(17-36-18-22)23-5-6-27(43)40-31(23)44/h2-4,15,17-20,23,38H,5-14,16H2,1H3,(H2,35,39)(H,40,43,44). The van der Waals surface area contributed by atoms with Crippen molar-refractivity contribution in [2.24, 2.45) is 5.92 Å². The Morgan fingerprint density at radius 2 is 1.82 bits per heavy atom. The van der Waals surface area contributed by atoms with Crippen LogP contribution in [-0.4, -0.2) is 65.0 Å². The summed E-state index contributed by atoms with van der Waals surface area (Å²) in [6.45, 7) is 6.94. The first-order valence-corrected chi connectivity index (χ1v) is 16.1. The van der Waals surface area contributed by atoms with Crippen LogP contribution in [0.2, 0.25) is 10.0 Å². The molecule has 4 N–H and O–H groups in total. The van der Waals surface area contributed by atoms with Crippen LogP contribution >= 0.6 is 23.2 Å². The van der Waals surface area contributed by atoms with E-state index in [1.54, 1.807) is 18.5 Å². The summed E-state index contributed by atoms with van der Waals surface area (Å²) >= 11 is 12.6. The fourth-order valence-electron chi connectivity index (χ4n) is 6.45. The van der Waals surface area contributed by atoms with Crippen LogP contribution in [0.4, 0.5) is 17.3 Å². The molecule has 0 radical (unpaired) electrons. The minimum Gasteiger partial charge on any atom is -0.382 e. The van der Waals surface area contributed by atoms with Crippen molar-refractivity contribution in [3.63, 3.8) is 0 Å². The molecule has 3 aliphatic rings. The molecule has 1 unspecified atom stereocenters. The highest BCUT2D eigenvalue weighted by molar-refractivity contribution is 6.43. The summed E-state index contributed by atoms with van der Waals surface area (Å²) < 4.78 is 0. The van der Waals surface area contributed by atoms with Crippen molar-refractivity contribution >= 4 is 52.3 Å². The average molecular weight is 638 g/mol. The molecule has 3 fully saturated rings. The van der Waals surface area contributed by atoms with Gasteiger partial charge in [0.2, 0.25) is 11.8 Å². The van der Waals surface area contributed by atoms with E-state index in [1.165, 1.54) is 0 Å². The second-order valence-corrected chi connectivity index (χ2v) is 13.2. The molecular weight excluding hydrogens is 599 g/mol. The van der Waals surface area contributed by atoms with Gasteiger partial charge in [0.15, 0.2) is 5.82 Å². The number of aromatic nitrogens is 3. The molecule has 0 spiro atoms. The van der Waals surface area contributed by atoms with E-state index in [9.17, 15) is 9.59 Å². The lowest BCUT2D eigenvalue weighted by Crippen LogP contribution is -2.53. The second-order valence-electron chi connectivity index (χ2n) is 12.4. The Bertz CT molecular complexity index is 1540. The zero-order chi connectivity index (χ0) is 30.8. The van der Waals surface area contributed by atoms with Crippen molar-refractivity contribution in [3.8, 4) is 11.3 Å². The fraction of sp³-hybridized carbons (Fsp3) is 0.469. The average Bonchev–Trinajstić information content (AvgIpc) is 3.02. The van der Waals surface area contributed by atoms with E-state index in [2.05, 4.69) is 48.4 Å². The number of benzene rings is 1. The predicted octanol–water partition coefficient (Wildman–Crippen LogP) is 4.81. The number of pyridine rings is 1. The maximum atomic E-state index is 12.3. The van der Waals surface area contributed by atoms with E-state index in [-0.39, 0.29) is 23.3 Å². The fourth-order valence-corrected chi connectivity index (χ4v) is 6.84. The number of nitrogen functional groups attached to an aromatic ring is 1. The van der Waals surface area contributed by atoms with Gasteiger partial charge in [-0.1, -0.05) is 35.3 Å². The number of anilines is 3. The number of carbonyl (C=O) groups is 2. The number of piperidine rings is 3. The molecule has 6 rings (SSSR count). The van der Waals surface area contributed by atoms with Gasteiger partial charge in [-0.25, -0.2) is 9.97 Å². The molecule has 12 heteroatoms. The van der Waals surface area contributed by atoms with Crippen LogP contribution in [0.15, 0.2) is 42.9 Å². The Kier molecular flexibility index (Phi) is 8.94. The number of nitrogens with zero attached hydrogens (tertiary/aromatic N) is 5. The molecular formula is C32H38Cl2N8O2. The molecule has 1 aromatic carbocycles. The van der Waals surface area contributed by atoms with Crippen LogP contribution in [0.5, 0.6) is 0 Å². The Morgan fingerprint density at radius 1 is 1.05 bits per heavy atom. The van der Waals surface area contributed by atoms with Gasteiger partial charge < -0.3 is 20.9 Å². The van der Waals surface area contributed by atoms with Crippen molar-refractivity contribution in [3.05, 3.63) is 58.5 Å². The van der Waals surface area contributed by atoms with Gasteiger partial charge in [-0.05, 0) is 69.2 Å². The van der Waals surface area contributed by atoms with Crippen LogP contribution in [0.3, 0.4) is 0 Å². The quantitative estimate of drug-likeness (QED) is 0.313. The molecule has 44 heavy (non-hydrogen) atoms. The molecule has 1 atom stereocenters. The summed E-state index contributed by atoms with van der Waals surface area (Å²) in [6, 6.07) is 7.47. The number of nitrogens with two attached hydrogens (primary N) is 1. The maximum Gasteiger partial charge on any atom is 0.234 e. The third kappa shape index (κ3) is 6.62. The maximum absolute atomic E-state index is 12.3. The van der Waals surface area contributed by atoms with Crippen LogP contribution in [0.1, 0.15) is 56.9 Å². The third-order valence-electron chi connectivity index (χ3n) is 9.37. The molecule has 0 saturated carbocycles. The highest BCUT2D eigenvalue weighted by Crippen LogP contribution is 2.36. The number of halogens is 2. The molecule has 3 aliphatic heterocycles. The van der Waals surface area contributed by atoms with Gasteiger partial charge in [0.05, 0.1) is 34.0 Å². The Labute approximate surface area is 267 Å². The van der Waals surface area contributed by atoms with E-state index < -0.39 is 0 Å². The van der Waals surface area contributed by atoms with E-state index >= 15 is 0 Å². The largest absolute Gasteiger partial charge is 0.382 e. The Morgan fingerprint density at radius 3 is 2.55 bits per heavy atom. The third-order valence-corrected chi connectivity index (χ3v) is 10.2. The van der Waals surface area contributed by atoms with E-state index in [4.69, 9.17) is 28.9 Å². The molecule has 0 aliphatic carbocycles. The van der Waals surface area contributed by atoms with Crippen molar-refractivity contribution < 1.29 is 9.59 Å². The summed E-state index contributed by atoms with van der Waals surface area (Å²) in [6.07, 6.45) is 10.5. The lowest BCUT2D eigenvalue weighted by atomic mass is 9.87. The first-order chi connectivity index (χ1) is 21.2. The second kappa shape index (κ2) is 12.9. The van der Waals surface area contributed by atoms with Crippen LogP contribution in [0.25, 0.3) is 11.3 Å². The summed E-state index contributed by atoms with van der Waals surface area (Å²) in [5.41, 5.74) is 9.51. The molecule has 232 valence electrons. The highest BCUT2D eigenvalue weighted by Gasteiger charge is 2.32.